The number of benzene rings is 1. The third kappa shape index (κ3) is 5.30. The van der Waals surface area contributed by atoms with Gasteiger partial charge in [-0.25, -0.2) is 4.98 Å². The van der Waals surface area contributed by atoms with E-state index in [0.717, 1.165) is 27.4 Å². The molecule has 8 heteroatoms. The highest BCUT2D eigenvalue weighted by atomic mass is 32.2. The zero-order valence-electron chi connectivity index (χ0n) is 18.0. The van der Waals surface area contributed by atoms with Crippen LogP contribution >= 0.6 is 23.1 Å². The average Bonchev–Trinajstić information content (AvgIpc) is 2.98. The van der Waals surface area contributed by atoms with Crippen LogP contribution in [0.3, 0.4) is 0 Å². The molecule has 0 saturated heterocycles. The summed E-state index contributed by atoms with van der Waals surface area (Å²) in [6, 6.07) is 8.15. The van der Waals surface area contributed by atoms with Crippen LogP contribution in [0.5, 0.6) is 0 Å². The summed E-state index contributed by atoms with van der Waals surface area (Å²) in [6.07, 6.45) is 0. The van der Waals surface area contributed by atoms with Gasteiger partial charge in [0.1, 0.15) is 10.7 Å². The van der Waals surface area contributed by atoms with E-state index in [1.54, 1.807) is 0 Å². The van der Waals surface area contributed by atoms with Gasteiger partial charge >= 0.3 is 0 Å². The number of hydrogen-bond acceptors (Lipinski definition) is 6. The number of aryl methyl sites for hydroxylation is 2. The van der Waals surface area contributed by atoms with Crippen LogP contribution in [0.15, 0.2) is 29.1 Å². The number of H-pyrrole nitrogens is 1. The van der Waals surface area contributed by atoms with E-state index in [-0.39, 0.29) is 16.7 Å². The molecule has 1 aromatic carbocycles. The van der Waals surface area contributed by atoms with Gasteiger partial charge in [0.2, 0.25) is 5.91 Å². The van der Waals surface area contributed by atoms with E-state index in [1.165, 1.54) is 28.7 Å². The largest absolute Gasteiger partial charge is 0.351 e. The van der Waals surface area contributed by atoms with E-state index in [1.807, 2.05) is 53.1 Å². The van der Waals surface area contributed by atoms with Crippen LogP contribution in [0.4, 0.5) is 0 Å². The second kappa shape index (κ2) is 9.76. The molecule has 0 aliphatic carbocycles. The van der Waals surface area contributed by atoms with Crippen molar-refractivity contribution in [2.24, 2.45) is 0 Å². The topological polar surface area (TPSA) is 78.1 Å². The van der Waals surface area contributed by atoms with Gasteiger partial charge < -0.3 is 15.2 Å². The number of nitrogens with zero attached hydrogens (tertiary/aromatic N) is 2. The Kier molecular flexibility index (Phi) is 7.33. The molecule has 3 rings (SSSR count). The summed E-state index contributed by atoms with van der Waals surface area (Å²) in [5, 5.41) is 3.46. The minimum Gasteiger partial charge on any atom is -0.351 e. The monoisotopic (exact) mass is 444 g/mol. The lowest BCUT2D eigenvalue weighted by Gasteiger charge is -2.16. The normalized spacial score (nSPS) is 12.5. The van der Waals surface area contributed by atoms with Crippen LogP contribution < -0.4 is 10.9 Å². The number of hydrogen-bond donors (Lipinski definition) is 2. The van der Waals surface area contributed by atoms with Gasteiger partial charge in [0, 0.05) is 18.0 Å². The molecule has 0 saturated carbocycles. The first-order chi connectivity index (χ1) is 14.3. The number of amides is 1. The summed E-state index contributed by atoms with van der Waals surface area (Å²) in [5.74, 6) is 1.06. The Bertz CT molecular complexity index is 1100. The predicted octanol–water partition coefficient (Wildman–Crippen LogP) is 3.60. The number of thioether (sulfide) groups is 1. The Morgan fingerprint density at radius 3 is 2.67 bits per heavy atom. The fourth-order valence-corrected chi connectivity index (χ4v) is 5.03. The number of fused-ring (bicyclic) bond motifs is 1. The highest BCUT2D eigenvalue weighted by Gasteiger charge is 2.16. The van der Waals surface area contributed by atoms with Crippen molar-refractivity contribution in [2.45, 2.75) is 44.9 Å². The van der Waals surface area contributed by atoms with Crippen LogP contribution in [0.25, 0.3) is 10.2 Å². The van der Waals surface area contributed by atoms with Gasteiger partial charge in [-0.3, -0.25) is 9.59 Å². The van der Waals surface area contributed by atoms with Crippen molar-refractivity contribution in [1.82, 2.24) is 20.2 Å². The number of thiophene rings is 1. The highest BCUT2D eigenvalue weighted by Crippen LogP contribution is 2.26. The number of nitrogens with one attached hydrogen (secondary N) is 2. The van der Waals surface area contributed by atoms with Gasteiger partial charge in [0.05, 0.1) is 16.4 Å². The SMILES string of the molecule is Cc1sc2nc(CSC(C)C(=O)NCc3ccccc3CN(C)C)[nH]c(=O)c2c1C. The molecule has 0 spiro atoms. The molecule has 1 unspecified atom stereocenters. The fraction of sp³-hybridized carbons (Fsp3) is 0.409. The molecular formula is C22H28N4O2S2. The van der Waals surface area contributed by atoms with E-state index >= 15 is 0 Å². The van der Waals surface area contributed by atoms with Crippen molar-refractivity contribution in [1.29, 1.82) is 0 Å². The maximum Gasteiger partial charge on any atom is 0.259 e. The zero-order valence-corrected chi connectivity index (χ0v) is 19.7. The van der Waals surface area contributed by atoms with E-state index < -0.39 is 0 Å². The molecule has 0 aliphatic rings. The molecule has 3 aromatic rings. The van der Waals surface area contributed by atoms with Crippen molar-refractivity contribution < 1.29 is 4.79 Å². The van der Waals surface area contributed by atoms with Gasteiger partial charge in [-0.05, 0) is 51.6 Å². The predicted molar refractivity (Wildman–Crippen MR) is 126 cm³/mol. The summed E-state index contributed by atoms with van der Waals surface area (Å²) in [4.78, 5) is 36.4. The lowest BCUT2D eigenvalue weighted by atomic mass is 10.1. The van der Waals surface area contributed by atoms with Gasteiger partial charge in [0.25, 0.3) is 5.56 Å². The van der Waals surface area contributed by atoms with Crippen LogP contribution in [0.1, 0.15) is 34.3 Å². The standard InChI is InChI=1S/C22H28N4O2S2/c1-13-14(2)30-22-19(13)21(28)24-18(25-22)12-29-15(3)20(27)23-10-16-8-6-7-9-17(16)11-26(4)5/h6-9,15H,10-12H2,1-5H3,(H,23,27)(H,24,25,28). The Morgan fingerprint density at radius 1 is 1.27 bits per heavy atom. The smallest absolute Gasteiger partial charge is 0.259 e. The van der Waals surface area contributed by atoms with E-state index in [9.17, 15) is 9.59 Å². The summed E-state index contributed by atoms with van der Waals surface area (Å²) in [6.45, 7) is 7.16. The highest BCUT2D eigenvalue weighted by molar-refractivity contribution is 7.99. The molecular weight excluding hydrogens is 416 g/mol. The lowest BCUT2D eigenvalue weighted by Crippen LogP contribution is -2.31. The second-order valence-electron chi connectivity index (χ2n) is 7.65. The molecule has 2 aromatic heterocycles. The first-order valence-electron chi connectivity index (χ1n) is 9.86. The first-order valence-corrected chi connectivity index (χ1v) is 11.7. The Hall–Kier alpha value is -2.16. The van der Waals surface area contributed by atoms with E-state index in [4.69, 9.17) is 0 Å². The number of rotatable bonds is 8. The van der Waals surface area contributed by atoms with Gasteiger partial charge in [0.15, 0.2) is 0 Å². The van der Waals surface area contributed by atoms with Crippen molar-refractivity contribution in [3.05, 3.63) is 62.0 Å². The summed E-state index contributed by atoms with van der Waals surface area (Å²) < 4.78 is 0. The molecule has 1 atom stereocenters. The van der Waals surface area contributed by atoms with Gasteiger partial charge in [-0.1, -0.05) is 24.3 Å². The average molecular weight is 445 g/mol. The van der Waals surface area contributed by atoms with Crippen LogP contribution in [-0.4, -0.2) is 40.1 Å². The molecule has 2 heterocycles. The van der Waals surface area contributed by atoms with E-state index in [0.29, 0.717) is 23.5 Å². The first kappa shape index (κ1) is 22.5. The number of carbonyl (C=O) groups is 1. The minimum absolute atomic E-state index is 0.0223. The van der Waals surface area contributed by atoms with Crippen molar-refractivity contribution in [3.8, 4) is 0 Å². The molecule has 6 nitrogen and oxygen atoms in total. The van der Waals surface area contributed by atoms with Gasteiger partial charge in [-0.2, -0.15) is 0 Å². The summed E-state index contributed by atoms with van der Waals surface area (Å²) in [5.41, 5.74) is 3.22. The van der Waals surface area contributed by atoms with Gasteiger partial charge in [-0.15, -0.1) is 23.1 Å². The Morgan fingerprint density at radius 2 is 1.97 bits per heavy atom. The molecule has 0 fully saturated rings. The third-order valence-corrected chi connectivity index (χ3v) is 7.24. The molecule has 30 heavy (non-hydrogen) atoms. The molecule has 1 amide bonds. The lowest BCUT2D eigenvalue weighted by molar-refractivity contribution is -0.120. The van der Waals surface area contributed by atoms with Crippen molar-refractivity contribution in [2.75, 3.05) is 14.1 Å². The Balaban J connectivity index is 1.59. The number of carbonyl (C=O) groups excluding carboxylic acids is 1. The molecule has 160 valence electrons. The molecule has 0 aliphatic heterocycles. The molecule has 0 bridgehead atoms. The number of aromatic nitrogens is 2. The van der Waals surface area contributed by atoms with Crippen LogP contribution in [0, 0.1) is 13.8 Å². The van der Waals surface area contributed by atoms with Crippen LogP contribution in [0.2, 0.25) is 0 Å². The molecule has 2 N–H and O–H groups in total. The van der Waals surface area contributed by atoms with Crippen molar-refractivity contribution in [3.63, 3.8) is 0 Å². The van der Waals surface area contributed by atoms with Crippen molar-refractivity contribution >= 4 is 39.2 Å². The zero-order chi connectivity index (χ0) is 21.8. The maximum atomic E-state index is 12.6. The van der Waals surface area contributed by atoms with Crippen LogP contribution in [-0.2, 0) is 23.6 Å². The quantitative estimate of drug-likeness (QED) is 0.555. The third-order valence-electron chi connectivity index (χ3n) is 4.99. The van der Waals surface area contributed by atoms with E-state index in [2.05, 4.69) is 26.3 Å². The number of aromatic amines is 1. The minimum atomic E-state index is -0.251. The Labute approximate surface area is 185 Å². The molecule has 0 radical (unpaired) electrons. The fourth-order valence-electron chi connectivity index (χ4n) is 3.20. The summed E-state index contributed by atoms with van der Waals surface area (Å²) in [7, 11) is 4.06. The second-order valence-corrected chi connectivity index (χ2v) is 10.2. The maximum absolute atomic E-state index is 12.6. The summed E-state index contributed by atoms with van der Waals surface area (Å²) >= 11 is 3.00.